The highest BCUT2D eigenvalue weighted by atomic mass is 32.2. The minimum Gasteiger partial charge on any atom is -0.454 e. The van der Waals surface area contributed by atoms with Gasteiger partial charge in [0, 0.05) is 24.9 Å². The Morgan fingerprint density at radius 2 is 1.92 bits per heavy atom. The van der Waals surface area contributed by atoms with Gasteiger partial charge >= 0.3 is 0 Å². The predicted octanol–water partition coefficient (Wildman–Crippen LogP) is 1.45. The molecule has 3 heterocycles. The second kappa shape index (κ2) is 6.31. The van der Waals surface area contributed by atoms with E-state index in [1.54, 1.807) is 11.0 Å². The van der Waals surface area contributed by atoms with E-state index in [0.717, 1.165) is 5.56 Å². The van der Waals surface area contributed by atoms with Gasteiger partial charge in [0.2, 0.25) is 6.79 Å². The molecule has 0 unspecified atom stereocenters. The molecule has 2 aromatic rings. The summed E-state index contributed by atoms with van der Waals surface area (Å²) in [5.41, 5.74) is 1.84. The van der Waals surface area contributed by atoms with Crippen molar-refractivity contribution in [3.8, 4) is 22.8 Å². The molecule has 8 nitrogen and oxygen atoms in total. The molecular weight excluding hydrogens is 358 g/mol. The normalized spacial score (nSPS) is 17.5. The third kappa shape index (κ3) is 3.14. The van der Waals surface area contributed by atoms with E-state index in [1.807, 2.05) is 18.2 Å². The largest absolute Gasteiger partial charge is 0.454 e. The maximum Gasteiger partial charge on any atom is 0.271 e. The summed E-state index contributed by atoms with van der Waals surface area (Å²) in [4.78, 5) is 14.3. The number of nitrogens with one attached hydrogen (secondary N) is 1. The molecule has 1 saturated heterocycles. The molecule has 1 N–H and O–H groups in total. The van der Waals surface area contributed by atoms with Gasteiger partial charge in [-0.15, -0.1) is 0 Å². The van der Waals surface area contributed by atoms with Crippen LogP contribution in [-0.4, -0.2) is 60.8 Å². The van der Waals surface area contributed by atoms with Crippen LogP contribution in [0.25, 0.3) is 11.3 Å². The van der Waals surface area contributed by atoms with Gasteiger partial charge in [-0.2, -0.15) is 5.10 Å². The topological polar surface area (TPSA) is 102 Å². The van der Waals surface area contributed by atoms with Gasteiger partial charge in [0.25, 0.3) is 5.91 Å². The van der Waals surface area contributed by atoms with Crippen LogP contribution in [0.2, 0.25) is 0 Å². The summed E-state index contributed by atoms with van der Waals surface area (Å²) in [5.74, 6) is 1.17. The molecule has 138 valence electrons. The first kappa shape index (κ1) is 16.9. The summed E-state index contributed by atoms with van der Waals surface area (Å²) >= 11 is 0. The Labute approximate surface area is 151 Å². The van der Waals surface area contributed by atoms with Crippen LogP contribution in [-0.2, 0) is 9.84 Å². The number of hydrogen-bond acceptors (Lipinski definition) is 6. The molecule has 0 aliphatic carbocycles. The molecule has 0 saturated carbocycles. The highest BCUT2D eigenvalue weighted by molar-refractivity contribution is 7.91. The molecule has 0 bridgehead atoms. The number of rotatable bonds is 3. The first-order chi connectivity index (χ1) is 12.4. The van der Waals surface area contributed by atoms with Crippen LogP contribution in [0.3, 0.4) is 0 Å². The van der Waals surface area contributed by atoms with E-state index in [-0.39, 0.29) is 18.0 Å². The average molecular weight is 377 g/mol. The van der Waals surface area contributed by atoms with E-state index < -0.39 is 9.84 Å². The van der Waals surface area contributed by atoms with Gasteiger partial charge in [-0.1, -0.05) is 0 Å². The van der Waals surface area contributed by atoms with E-state index in [0.29, 0.717) is 48.8 Å². The molecule has 2 aliphatic rings. The zero-order valence-electron chi connectivity index (χ0n) is 14.3. The monoisotopic (exact) mass is 377 g/mol. The predicted molar refractivity (Wildman–Crippen MR) is 93.9 cm³/mol. The molecule has 0 atom stereocenters. The number of sulfone groups is 1. The van der Waals surface area contributed by atoms with Gasteiger partial charge in [0.15, 0.2) is 11.5 Å². The molecule has 2 aliphatic heterocycles. The molecular formula is C17H19N3O5S. The number of hydrogen-bond donors (Lipinski definition) is 1. The van der Waals surface area contributed by atoms with E-state index in [9.17, 15) is 13.2 Å². The molecule has 1 aromatic heterocycles. The van der Waals surface area contributed by atoms with E-state index in [2.05, 4.69) is 10.2 Å². The Balaban J connectivity index is 1.47. The lowest BCUT2D eigenvalue weighted by atomic mass is 10.1. The fourth-order valence-electron chi connectivity index (χ4n) is 3.29. The number of nitrogens with zero attached hydrogens (tertiary/aromatic N) is 2. The summed E-state index contributed by atoms with van der Waals surface area (Å²) in [7, 11) is -3.06. The molecule has 0 spiro atoms. The fraction of sp³-hybridized carbons (Fsp3) is 0.412. The van der Waals surface area contributed by atoms with Crippen LogP contribution < -0.4 is 9.47 Å². The number of fused-ring (bicyclic) bond motifs is 1. The summed E-state index contributed by atoms with van der Waals surface area (Å²) in [5, 5.41) is 6.63. The standard InChI is InChI=1S/C17H19N3O5S/c1-26(22,23)12-4-6-20(7-5-12)17(21)14-9-13(18-19-14)11-2-3-15-16(8-11)25-10-24-15/h2-3,8-9,12H,4-7,10H2,1H3,(H,18,19). The summed E-state index contributed by atoms with van der Waals surface area (Å²) in [6.45, 7) is 1.05. The van der Waals surface area contributed by atoms with Gasteiger partial charge in [-0.25, -0.2) is 8.42 Å². The van der Waals surface area contributed by atoms with Crippen LogP contribution in [0.15, 0.2) is 24.3 Å². The Hall–Kier alpha value is -2.55. The van der Waals surface area contributed by atoms with Crippen molar-refractivity contribution in [3.05, 3.63) is 30.0 Å². The molecule has 26 heavy (non-hydrogen) atoms. The van der Waals surface area contributed by atoms with E-state index in [4.69, 9.17) is 9.47 Å². The number of amides is 1. The highest BCUT2D eigenvalue weighted by Gasteiger charge is 2.29. The second-order valence-electron chi connectivity index (χ2n) is 6.56. The summed E-state index contributed by atoms with van der Waals surface area (Å²) in [6.07, 6.45) is 2.18. The number of likely N-dealkylation sites (tertiary alicyclic amines) is 1. The van der Waals surface area contributed by atoms with Crippen molar-refractivity contribution >= 4 is 15.7 Å². The highest BCUT2D eigenvalue weighted by Crippen LogP contribution is 2.35. The lowest BCUT2D eigenvalue weighted by Crippen LogP contribution is -2.42. The Morgan fingerprint density at radius 3 is 2.65 bits per heavy atom. The smallest absolute Gasteiger partial charge is 0.271 e. The number of carbonyl (C=O) groups is 1. The Morgan fingerprint density at radius 1 is 1.19 bits per heavy atom. The first-order valence-corrected chi connectivity index (χ1v) is 10.3. The number of H-pyrrole nitrogens is 1. The molecule has 1 amide bonds. The van der Waals surface area contributed by atoms with Gasteiger partial charge < -0.3 is 14.4 Å². The first-order valence-electron chi connectivity index (χ1n) is 8.35. The van der Waals surface area contributed by atoms with Crippen molar-refractivity contribution in [2.24, 2.45) is 0 Å². The number of benzene rings is 1. The average Bonchev–Trinajstić information content (AvgIpc) is 3.29. The van der Waals surface area contributed by atoms with Crippen LogP contribution in [0, 0.1) is 0 Å². The zero-order chi connectivity index (χ0) is 18.3. The maximum atomic E-state index is 12.6. The fourth-order valence-corrected chi connectivity index (χ4v) is 4.36. The van der Waals surface area contributed by atoms with Gasteiger partial charge in [-0.3, -0.25) is 9.89 Å². The number of carbonyl (C=O) groups excluding carboxylic acids is 1. The Kier molecular flexibility index (Phi) is 4.10. The quantitative estimate of drug-likeness (QED) is 0.869. The molecule has 1 aromatic carbocycles. The van der Waals surface area contributed by atoms with Crippen molar-refractivity contribution in [1.82, 2.24) is 15.1 Å². The van der Waals surface area contributed by atoms with Crippen molar-refractivity contribution in [2.45, 2.75) is 18.1 Å². The van der Waals surface area contributed by atoms with Crippen molar-refractivity contribution in [2.75, 3.05) is 26.1 Å². The summed E-state index contributed by atoms with van der Waals surface area (Å²) in [6, 6.07) is 7.19. The van der Waals surface area contributed by atoms with Gasteiger partial charge in [0.1, 0.15) is 15.5 Å². The minimum absolute atomic E-state index is 0.170. The second-order valence-corrected chi connectivity index (χ2v) is 8.88. The number of aromatic amines is 1. The molecule has 4 rings (SSSR count). The number of ether oxygens (including phenoxy) is 2. The van der Waals surface area contributed by atoms with Crippen molar-refractivity contribution in [1.29, 1.82) is 0 Å². The zero-order valence-corrected chi connectivity index (χ0v) is 15.1. The van der Waals surface area contributed by atoms with E-state index in [1.165, 1.54) is 6.26 Å². The van der Waals surface area contributed by atoms with E-state index >= 15 is 0 Å². The molecule has 1 fully saturated rings. The van der Waals surface area contributed by atoms with Gasteiger partial charge in [0.05, 0.1) is 10.9 Å². The lowest BCUT2D eigenvalue weighted by Gasteiger charge is -2.30. The molecule has 9 heteroatoms. The van der Waals surface area contributed by atoms with Crippen molar-refractivity contribution < 1.29 is 22.7 Å². The van der Waals surface area contributed by atoms with Crippen LogP contribution in [0.1, 0.15) is 23.3 Å². The lowest BCUT2D eigenvalue weighted by molar-refractivity contribution is 0.0719. The number of aromatic nitrogens is 2. The third-order valence-corrected chi connectivity index (χ3v) is 6.49. The van der Waals surface area contributed by atoms with Crippen LogP contribution >= 0.6 is 0 Å². The third-order valence-electron chi connectivity index (χ3n) is 4.81. The van der Waals surface area contributed by atoms with Crippen molar-refractivity contribution in [3.63, 3.8) is 0 Å². The van der Waals surface area contributed by atoms with Gasteiger partial charge in [-0.05, 0) is 37.1 Å². The molecule has 0 radical (unpaired) electrons. The Bertz CT molecular complexity index is 945. The minimum atomic E-state index is -3.06. The SMILES string of the molecule is CS(=O)(=O)C1CCN(C(=O)c2cc(-c3ccc4c(c3)OCO4)n[nH]2)CC1. The number of piperidine rings is 1. The maximum absolute atomic E-state index is 12.6. The van der Waals surface area contributed by atoms with Crippen LogP contribution in [0.4, 0.5) is 0 Å². The summed E-state index contributed by atoms with van der Waals surface area (Å²) < 4.78 is 33.9. The van der Waals surface area contributed by atoms with Crippen LogP contribution in [0.5, 0.6) is 11.5 Å².